The van der Waals surface area contributed by atoms with Crippen LogP contribution >= 0.6 is 0 Å². The molecule has 1 heteroatoms. The Morgan fingerprint density at radius 2 is 1.92 bits per heavy atom. The summed E-state index contributed by atoms with van der Waals surface area (Å²) in [6.07, 6.45) is 0. The van der Waals surface area contributed by atoms with Crippen LogP contribution in [0.25, 0.3) is 0 Å². The highest BCUT2D eigenvalue weighted by molar-refractivity contribution is 6.52. The van der Waals surface area contributed by atoms with Gasteiger partial charge in [-0.3, -0.25) is 0 Å². The fourth-order valence-electron chi connectivity index (χ4n) is 1.38. The maximum atomic E-state index is 2.28. The Bertz CT molecular complexity index is 264. The van der Waals surface area contributed by atoms with Gasteiger partial charge >= 0.3 is 0 Å². The van der Waals surface area contributed by atoms with Crippen LogP contribution in [0.5, 0.6) is 0 Å². The first-order valence-electron chi connectivity index (χ1n) is 4.55. The molecule has 0 saturated carbocycles. The van der Waals surface area contributed by atoms with Crippen molar-refractivity contribution in [2.24, 2.45) is 0 Å². The van der Waals surface area contributed by atoms with E-state index in [4.69, 9.17) is 0 Å². The molecule has 0 N–H and O–H groups in total. The SMILES string of the molecule is C[B]c1ccc(C(C)C)cc1C. The molecule has 0 unspecified atom stereocenters. The average Bonchev–Trinajstić information content (AvgIpc) is 2.04. The van der Waals surface area contributed by atoms with Crippen LogP contribution in [0.4, 0.5) is 0 Å². The van der Waals surface area contributed by atoms with E-state index in [1.807, 2.05) is 0 Å². The molecule has 1 rings (SSSR count). The van der Waals surface area contributed by atoms with Crippen molar-refractivity contribution < 1.29 is 0 Å². The Balaban J connectivity index is 3.02. The lowest BCUT2D eigenvalue weighted by atomic mass is 9.70. The molecule has 0 fully saturated rings. The van der Waals surface area contributed by atoms with Gasteiger partial charge in [0.15, 0.2) is 0 Å². The predicted molar refractivity (Wildman–Crippen MR) is 56.5 cm³/mol. The van der Waals surface area contributed by atoms with Crippen molar-refractivity contribution in [2.75, 3.05) is 0 Å². The summed E-state index contributed by atoms with van der Waals surface area (Å²) >= 11 is 0. The minimum Gasteiger partial charge on any atom is -0.0872 e. The number of hydrogen-bond acceptors (Lipinski definition) is 0. The van der Waals surface area contributed by atoms with Gasteiger partial charge in [-0.1, -0.05) is 49.9 Å². The van der Waals surface area contributed by atoms with Gasteiger partial charge in [-0.2, -0.15) is 0 Å². The van der Waals surface area contributed by atoms with E-state index in [1.54, 1.807) is 0 Å². The normalized spacial score (nSPS) is 10.4. The topological polar surface area (TPSA) is 0 Å². The van der Waals surface area contributed by atoms with Gasteiger partial charge in [0.1, 0.15) is 7.28 Å². The zero-order valence-corrected chi connectivity index (χ0v) is 8.39. The van der Waals surface area contributed by atoms with Gasteiger partial charge in [0.05, 0.1) is 0 Å². The Morgan fingerprint density at radius 3 is 2.33 bits per heavy atom. The van der Waals surface area contributed by atoms with Gasteiger partial charge in [0.2, 0.25) is 0 Å². The van der Waals surface area contributed by atoms with Gasteiger partial charge < -0.3 is 0 Å². The van der Waals surface area contributed by atoms with Crippen molar-refractivity contribution in [3.8, 4) is 0 Å². The molecular formula is C11H16B. The van der Waals surface area contributed by atoms with Gasteiger partial charge in [0, 0.05) is 0 Å². The largest absolute Gasteiger partial charge is 0.148 e. The molecule has 1 radical (unpaired) electrons. The Kier molecular flexibility index (Phi) is 2.96. The molecular weight excluding hydrogens is 143 g/mol. The van der Waals surface area contributed by atoms with E-state index in [1.165, 1.54) is 16.6 Å². The molecule has 1 aromatic rings. The third kappa shape index (κ3) is 1.91. The Labute approximate surface area is 76.2 Å². The van der Waals surface area contributed by atoms with Crippen LogP contribution in [0.1, 0.15) is 30.9 Å². The zero-order valence-electron chi connectivity index (χ0n) is 8.39. The van der Waals surface area contributed by atoms with Crippen LogP contribution in [0, 0.1) is 6.92 Å². The van der Waals surface area contributed by atoms with Crippen LogP contribution in [0.2, 0.25) is 6.82 Å². The molecule has 0 amide bonds. The van der Waals surface area contributed by atoms with Crippen LogP contribution in [-0.2, 0) is 0 Å². The third-order valence-electron chi connectivity index (χ3n) is 2.27. The average molecular weight is 159 g/mol. The van der Waals surface area contributed by atoms with Crippen LogP contribution in [0.3, 0.4) is 0 Å². The number of aryl methyl sites for hydroxylation is 1. The third-order valence-corrected chi connectivity index (χ3v) is 2.27. The van der Waals surface area contributed by atoms with Crippen LogP contribution in [-0.4, -0.2) is 7.28 Å². The number of hydrogen-bond donors (Lipinski definition) is 0. The predicted octanol–water partition coefficient (Wildman–Crippen LogP) is 2.50. The minimum atomic E-state index is 0.634. The first-order valence-corrected chi connectivity index (χ1v) is 4.55. The van der Waals surface area contributed by atoms with Crippen molar-refractivity contribution in [3.63, 3.8) is 0 Å². The summed E-state index contributed by atoms with van der Waals surface area (Å²) in [7, 11) is 2.15. The van der Waals surface area contributed by atoms with Gasteiger partial charge in [-0.05, 0) is 18.4 Å². The van der Waals surface area contributed by atoms with E-state index in [0.29, 0.717) is 5.92 Å². The highest BCUT2D eigenvalue weighted by Crippen LogP contribution is 2.13. The van der Waals surface area contributed by atoms with E-state index in [-0.39, 0.29) is 0 Å². The zero-order chi connectivity index (χ0) is 9.14. The Morgan fingerprint density at radius 1 is 1.25 bits per heavy atom. The monoisotopic (exact) mass is 159 g/mol. The fourth-order valence-corrected chi connectivity index (χ4v) is 1.38. The second kappa shape index (κ2) is 3.80. The van der Waals surface area contributed by atoms with Crippen molar-refractivity contribution in [1.29, 1.82) is 0 Å². The molecule has 0 nitrogen and oxygen atoms in total. The van der Waals surface area contributed by atoms with Gasteiger partial charge in [0.25, 0.3) is 0 Å². The molecule has 0 heterocycles. The van der Waals surface area contributed by atoms with E-state index in [2.05, 4.69) is 53.1 Å². The molecule has 63 valence electrons. The standard InChI is InChI=1S/C11H16B/c1-8(2)10-5-6-11(12-4)9(3)7-10/h5-8H,1-4H3. The molecule has 0 saturated heterocycles. The number of rotatable bonds is 2. The van der Waals surface area contributed by atoms with Gasteiger partial charge in [-0.15, -0.1) is 0 Å². The molecule has 0 bridgehead atoms. The maximum Gasteiger partial charge on any atom is 0.148 e. The second-order valence-electron chi connectivity index (χ2n) is 3.56. The van der Waals surface area contributed by atoms with Crippen molar-refractivity contribution in [1.82, 2.24) is 0 Å². The Hall–Kier alpha value is -0.715. The van der Waals surface area contributed by atoms with Crippen LogP contribution in [0.15, 0.2) is 18.2 Å². The summed E-state index contributed by atoms with van der Waals surface area (Å²) in [5.74, 6) is 0.634. The van der Waals surface area contributed by atoms with Crippen molar-refractivity contribution in [3.05, 3.63) is 29.3 Å². The van der Waals surface area contributed by atoms with Crippen molar-refractivity contribution >= 4 is 12.7 Å². The summed E-state index contributed by atoms with van der Waals surface area (Å²) in [6.45, 7) is 8.70. The lowest BCUT2D eigenvalue weighted by molar-refractivity contribution is 0.865. The molecule has 0 aliphatic carbocycles. The minimum absolute atomic E-state index is 0.634. The summed E-state index contributed by atoms with van der Waals surface area (Å²) in [5.41, 5.74) is 4.15. The molecule has 0 spiro atoms. The lowest BCUT2D eigenvalue weighted by Gasteiger charge is -2.08. The first kappa shape index (κ1) is 9.37. The van der Waals surface area contributed by atoms with Crippen molar-refractivity contribution in [2.45, 2.75) is 33.5 Å². The molecule has 0 aromatic heterocycles. The molecule has 1 aromatic carbocycles. The molecule has 12 heavy (non-hydrogen) atoms. The maximum absolute atomic E-state index is 2.28. The molecule has 0 aliphatic heterocycles. The first-order chi connectivity index (χ1) is 5.65. The smallest absolute Gasteiger partial charge is 0.0872 e. The van der Waals surface area contributed by atoms with E-state index in [9.17, 15) is 0 Å². The second-order valence-corrected chi connectivity index (χ2v) is 3.56. The highest BCUT2D eigenvalue weighted by atomic mass is 14.0. The van der Waals surface area contributed by atoms with E-state index >= 15 is 0 Å². The lowest BCUT2D eigenvalue weighted by Crippen LogP contribution is -2.14. The molecule has 0 aliphatic rings. The van der Waals surface area contributed by atoms with E-state index in [0.717, 1.165) is 0 Å². The quantitative estimate of drug-likeness (QED) is 0.581. The summed E-state index contributed by atoms with van der Waals surface area (Å²) < 4.78 is 0. The summed E-state index contributed by atoms with van der Waals surface area (Å²) in [5, 5.41) is 0. The summed E-state index contributed by atoms with van der Waals surface area (Å²) in [4.78, 5) is 0. The van der Waals surface area contributed by atoms with Gasteiger partial charge in [-0.25, -0.2) is 0 Å². The summed E-state index contributed by atoms with van der Waals surface area (Å²) in [6, 6.07) is 6.69. The molecule has 0 atom stereocenters. The fraction of sp³-hybridized carbons (Fsp3) is 0.455. The van der Waals surface area contributed by atoms with E-state index < -0.39 is 0 Å². The highest BCUT2D eigenvalue weighted by Gasteiger charge is 2.01. The van der Waals surface area contributed by atoms with Crippen LogP contribution < -0.4 is 5.46 Å². The number of benzene rings is 1.